The van der Waals surface area contributed by atoms with Gasteiger partial charge in [-0.3, -0.25) is 4.79 Å². The molecule has 0 radical (unpaired) electrons. The fourth-order valence-corrected chi connectivity index (χ4v) is 2.52. The van der Waals surface area contributed by atoms with Gasteiger partial charge in [0, 0.05) is 12.6 Å². The molecule has 8 nitrogen and oxygen atoms in total. The van der Waals surface area contributed by atoms with Crippen molar-refractivity contribution in [3.8, 4) is 5.75 Å². The highest BCUT2D eigenvalue weighted by atomic mass is 16.5. The van der Waals surface area contributed by atoms with Crippen LogP contribution in [0.1, 0.15) is 34.6 Å². The fourth-order valence-electron chi connectivity index (χ4n) is 2.52. The molecule has 0 atom stereocenters. The molecular weight excluding hydrogens is 374 g/mol. The van der Waals surface area contributed by atoms with Crippen LogP contribution in [0.4, 0.5) is 5.69 Å². The monoisotopic (exact) mass is 395 g/mol. The number of nitrogens with one attached hydrogen (secondary N) is 1. The second-order valence-electron chi connectivity index (χ2n) is 6.22. The van der Waals surface area contributed by atoms with Gasteiger partial charge in [-0.05, 0) is 48.4 Å². The van der Waals surface area contributed by atoms with Crippen molar-refractivity contribution < 1.29 is 23.6 Å². The Hall–Kier alpha value is -3.68. The van der Waals surface area contributed by atoms with Crippen LogP contribution in [-0.2, 0) is 22.6 Å². The van der Waals surface area contributed by atoms with Gasteiger partial charge in [-0.25, -0.2) is 4.79 Å². The van der Waals surface area contributed by atoms with E-state index in [0.717, 1.165) is 12.0 Å². The molecular formula is C21H21N3O5. The molecule has 2 aromatic carbocycles. The highest BCUT2D eigenvalue weighted by molar-refractivity contribution is 5.95. The molecule has 1 amide bonds. The smallest absolute Gasteiger partial charge is 0.338 e. The first-order valence-electron chi connectivity index (χ1n) is 9.11. The quantitative estimate of drug-likeness (QED) is 0.584. The van der Waals surface area contributed by atoms with Crippen molar-refractivity contribution in [3.05, 3.63) is 71.4 Å². The molecule has 0 bridgehead atoms. The SMILES string of the molecule is CCc1cccc(NC(=O)COC(=O)c2ccc(OCc3noc(C)n3)cc2)c1. The first kappa shape index (κ1) is 20.1. The van der Waals surface area contributed by atoms with Crippen molar-refractivity contribution in [3.63, 3.8) is 0 Å². The first-order valence-corrected chi connectivity index (χ1v) is 9.11. The molecule has 1 N–H and O–H groups in total. The van der Waals surface area contributed by atoms with E-state index in [1.54, 1.807) is 37.3 Å². The summed E-state index contributed by atoms with van der Waals surface area (Å²) in [5.74, 6) is 0.438. The molecule has 29 heavy (non-hydrogen) atoms. The maximum atomic E-state index is 12.1. The Morgan fingerprint density at radius 1 is 1.14 bits per heavy atom. The van der Waals surface area contributed by atoms with E-state index >= 15 is 0 Å². The summed E-state index contributed by atoms with van der Waals surface area (Å²) in [6, 6.07) is 13.9. The maximum absolute atomic E-state index is 12.1. The third-order valence-corrected chi connectivity index (χ3v) is 3.98. The number of anilines is 1. The average Bonchev–Trinajstić information content (AvgIpc) is 3.16. The van der Waals surface area contributed by atoms with Crippen molar-refractivity contribution >= 4 is 17.6 Å². The summed E-state index contributed by atoms with van der Waals surface area (Å²) in [6.07, 6.45) is 0.868. The van der Waals surface area contributed by atoms with E-state index < -0.39 is 11.9 Å². The first-order chi connectivity index (χ1) is 14.0. The summed E-state index contributed by atoms with van der Waals surface area (Å²) in [7, 11) is 0. The van der Waals surface area contributed by atoms with Crippen LogP contribution in [-0.4, -0.2) is 28.6 Å². The summed E-state index contributed by atoms with van der Waals surface area (Å²) in [6.45, 7) is 3.51. The van der Waals surface area contributed by atoms with Gasteiger partial charge >= 0.3 is 5.97 Å². The van der Waals surface area contributed by atoms with E-state index in [1.807, 2.05) is 25.1 Å². The molecule has 0 saturated heterocycles. The lowest BCUT2D eigenvalue weighted by Crippen LogP contribution is -2.21. The minimum atomic E-state index is -0.595. The molecule has 0 aliphatic heterocycles. The van der Waals surface area contributed by atoms with Gasteiger partial charge in [-0.2, -0.15) is 4.98 Å². The zero-order valence-electron chi connectivity index (χ0n) is 16.2. The topological polar surface area (TPSA) is 104 Å². The lowest BCUT2D eigenvalue weighted by atomic mass is 10.1. The number of carbonyl (C=O) groups is 2. The number of hydrogen-bond acceptors (Lipinski definition) is 7. The minimum absolute atomic E-state index is 0.153. The predicted octanol–water partition coefficient (Wildman–Crippen LogP) is 3.31. The van der Waals surface area contributed by atoms with Crippen molar-refractivity contribution in [2.45, 2.75) is 26.9 Å². The van der Waals surface area contributed by atoms with Crippen LogP contribution in [0.2, 0.25) is 0 Å². The number of hydrogen-bond donors (Lipinski definition) is 1. The minimum Gasteiger partial charge on any atom is -0.485 e. The predicted molar refractivity (Wildman–Crippen MR) is 105 cm³/mol. The Balaban J connectivity index is 1.46. The molecule has 0 spiro atoms. The Labute approximate surface area is 167 Å². The number of rotatable bonds is 8. The van der Waals surface area contributed by atoms with Gasteiger partial charge in [0.1, 0.15) is 5.75 Å². The molecule has 0 unspecified atom stereocenters. The fraction of sp³-hybridized carbons (Fsp3) is 0.238. The highest BCUT2D eigenvalue weighted by Crippen LogP contribution is 2.15. The largest absolute Gasteiger partial charge is 0.485 e. The van der Waals surface area contributed by atoms with Crippen LogP contribution >= 0.6 is 0 Å². The summed E-state index contributed by atoms with van der Waals surface area (Å²) >= 11 is 0. The number of esters is 1. The van der Waals surface area contributed by atoms with Gasteiger partial charge in [-0.15, -0.1) is 0 Å². The third kappa shape index (κ3) is 5.90. The van der Waals surface area contributed by atoms with Crippen LogP contribution in [0.3, 0.4) is 0 Å². The molecule has 0 aliphatic rings. The third-order valence-electron chi connectivity index (χ3n) is 3.98. The zero-order chi connectivity index (χ0) is 20.6. The Bertz CT molecular complexity index is 982. The van der Waals surface area contributed by atoms with Gasteiger partial charge in [-0.1, -0.05) is 24.2 Å². The number of ether oxygens (including phenoxy) is 2. The molecule has 0 fully saturated rings. The van der Waals surface area contributed by atoms with Gasteiger partial charge in [0.25, 0.3) is 5.91 Å². The maximum Gasteiger partial charge on any atom is 0.338 e. The van der Waals surface area contributed by atoms with Crippen molar-refractivity contribution in [1.82, 2.24) is 10.1 Å². The second-order valence-corrected chi connectivity index (χ2v) is 6.22. The molecule has 0 aliphatic carbocycles. The Morgan fingerprint density at radius 3 is 2.62 bits per heavy atom. The van der Waals surface area contributed by atoms with Crippen LogP contribution in [0, 0.1) is 6.92 Å². The zero-order valence-corrected chi connectivity index (χ0v) is 16.2. The molecule has 3 aromatic rings. The lowest BCUT2D eigenvalue weighted by Gasteiger charge is -2.08. The molecule has 1 aromatic heterocycles. The number of amides is 1. The summed E-state index contributed by atoms with van der Waals surface area (Å²) in [5.41, 5.74) is 2.09. The standard InChI is InChI=1S/C21H21N3O5/c1-3-15-5-4-6-17(11-15)23-20(25)13-28-21(26)16-7-9-18(10-8-16)27-12-19-22-14(2)29-24-19/h4-11H,3,12-13H2,1-2H3,(H,23,25). The molecule has 150 valence electrons. The van der Waals surface area contributed by atoms with E-state index in [9.17, 15) is 9.59 Å². The van der Waals surface area contributed by atoms with Crippen molar-refractivity contribution in [2.75, 3.05) is 11.9 Å². The number of aromatic nitrogens is 2. The van der Waals surface area contributed by atoms with Crippen molar-refractivity contribution in [1.29, 1.82) is 0 Å². The molecule has 1 heterocycles. The van der Waals surface area contributed by atoms with Gasteiger partial charge < -0.3 is 19.3 Å². The van der Waals surface area contributed by atoms with E-state index in [2.05, 4.69) is 15.5 Å². The molecule has 8 heteroatoms. The van der Waals surface area contributed by atoms with Crippen LogP contribution < -0.4 is 10.1 Å². The van der Waals surface area contributed by atoms with E-state index in [4.69, 9.17) is 14.0 Å². The summed E-state index contributed by atoms with van der Waals surface area (Å²) in [5, 5.41) is 6.44. The number of nitrogens with zero attached hydrogens (tertiary/aromatic N) is 2. The number of aryl methyl sites for hydroxylation is 2. The molecule has 3 rings (SSSR count). The van der Waals surface area contributed by atoms with Crippen LogP contribution in [0.5, 0.6) is 5.75 Å². The molecule has 0 saturated carbocycles. The lowest BCUT2D eigenvalue weighted by molar-refractivity contribution is -0.119. The van der Waals surface area contributed by atoms with Gasteiger partial charge in [0.15, 0.2) is 13.2 Å². The van der Waals surface area contributed by atoms with E-state index in [1.165, 1.54) is 0 Å². The highest BCUT2D eigenvalue weighted by Gasteiger charge is 2.11. The number of benzene rings is 2. The summed E-state index contributed by atoms with van der Waals surface area (Å²) < 4.78 is 15.5. The Kier molecular flexibility index (Phi) is 6.57. The van der Waals surface area contributed by atoms with E-state index in [-0.39, 0.29) is 13.2 Å². The normalized spacial score (nSPS) is 10.4. The Morgan fingerprint density at radius 2 is 1.93 bits per heavy atom. The van der Waals surface area contributed by atoms with Crippen LogP contribution in [0.15, 0.2) is 53.1 Å². The number of carbonyl (C=O) groups excluding carboxylic acids is 2. The van der Waals surface area contributed by atoms with Crippen LogP contribution in [0.25, 0.3) is 0 Å². The summed E-state index contributed by atoms with van der Waals surface area (Å²) in [4.78, 5) is 28.2. The van der Waals surface area contributed by atoms with Gasteiger partial charge in [0.2, 0.25) is 11.7 Å². The van der Waals surface area contributed by atoms with Crippen molar-refractivity contribution in [2.24, 2.45) is 0 Å². The second kappa shape index (κ2) is 9.50. The van der Waals surface area contributed by atoms with E-state index in [0.29, 0.717) is 28.7 Å². The average molecular weight is 395 g/mol. The van der Waals surface area contributed by atoms with Gasteiger partial charge in [0.05, 0.1) is 5.56 Å².